The molecule has 0 heterocycles. The van der Waals surface area contributed by atoms with Crippen LogP contribution in [0, 0.1) is 11.6 Å². The number of rotatable bonds is 4. The minimum atomic E-state index is -5.05. The van der Waals surface area contributed by atoms with Crippen LogP contribution in [-0.4, -0.2) is 6.98 Å². The Morgan fingerprint density at radius 1 is 0.900 bits per heavy atom. The standard InChI is InChI=1S/C13H9BF5O/c15-11-3-6-13(16)9(7-11)8-20-12-4-1-10(2-5-12)14(17,18)19/h1-7H,8H2/q-1. The molecule has 2 aromatic rings. The zero-order chi connectivity index (χ0) is 14.8. The topological polar surface area (TPSA) is 9.23 Å². The predicted molar refractivity (Wildman–Crippen MR) is 65.8 cm³/mol. The Bertz CT molecular complexity index is 595. The van der Waals surface area contributed by atoms with Gasteiger partial charge in [-0.05, 0) is 30.3 Å². The van der Waals surface area contributed by atoms with Crippen LogP contribution >= 0.6 is 0 Å². The van der Waals surface area contributed by atoms with Gasteiger partial charge in [-0.15, -0.1) is 5.46 Å². The van der Waals surface area contributed by atoms with E-state index in [0.717, 1.165) is 42.5 Å². The van der Waals surface area contributed by atoms with E-state index in [1.54, 1.807) is 0 Å². The summed E-state index contributed by atoms with van der Waals surface area (Å²) >= 11 is 0. The van der Waals surface area contributed by atoms with Crippen molar-refractivity contribution in [3.05, 3.63) is 59.7 Å². The van der Waals surface area contributed by atoms with Gasteiger partial charge in [-0.1, -0.05) is 12.1 Å². The highest BCUT2D eigenvalue weighted by Gasteiger charge is 2.24. The zero-order valence-electron chi connectivity index (χ0n) is 10.1. The summed E-state index contributed by atoms with van der Waals surface area (Å²) in [6.07, 6.45) is 0. The molecule has 0 aromatic heterocycles. The van der Waals surface area contributed by atoms with Gasteiger partial charge >= 0.3 is 6.98 Å². The number of hydrogen-bond acceptors (Lipinski definition) is 1. The molecule has 0 radical (unpaired) electrons. The van der Waals surface area contributed by atoms with Crippen molar-refractivity contribution in [1.82, 2.24) is 0 Å². The van der Waals surface area contributed by atoms with Gasteiger partial charge in [0.2, 0.25) is 0 Å². The van der Waals surface area contributed by atoms with Crippen LogP contribution in [0.15, 0.2) is 42.5 Å². The molecule has 1 nitrogen and oxygen atoms in total. The first-order valence-electron chi connectivity index (χ1n) is 5.73. The van der Waals surface area contributed by atoms with Gasteiger partial charge in [0.15, 0.2) is 0 Å². The Morgan fingerprint density at radius 2 is 1.55 bits per heavy atom. The van der Waals surface area contributed by atoms with E-state index in [4.69, 9.17) is 4.74 Å². The van der Waals surface area contributed by atoms with Crippen LogP contribution in [0.2, 0.25) is 0 Å². The number of ether oxygens (including phenoxy) is 1. The van der Waals surface area contributed by atoms with E-state index < -0.39 is 24.1 Å². The maximum absolute atomic E-state index is 13.3. The molecule has 0 unspecified atom stereocenters. The molecule has 0 aliphatic rings. The van der Waals surface area contributed by atoms with Gasteiger partial charge < -0.3 is 17.7 Å². The van der Waals surface area contributed by atoms with Gasteiger partial charge in [0, 0.05) is 5.56 Å². The van der Waals surface area contributed by atoms with E-state index in [1.165, 1.54) is 0 Å². The monoisotopic (exact) mass is 287 g/mol. The lowest BCUT2D eigenvalue weighted by atomic mass is 9.80. The fourth-order valence-electron chi connectivity index (χ4n) is 1.60. The summed E-state index contributed by atoms with van der Waals surface area (Å²) in [6.45, 7) is -5.32. The maximum atomic E-state index is 13.3. The van der Waals surface area contributed by atoms with Crippen LogP contribution in [0.4, 0.5) is 21.7 Å². The fraction of sp³-hybridized carbons (Fsp3) is 0.0769. The lowest BCUT2D eigenvalue weighted by Gasteiger charge is -2.15. The average molecular weight is 287 g/mol. The molecule has 2 rings (SSSR count). The molecule has 0 atom stereocenters. The maximum Gasteiger partial charge on any atom is 0.509 e. The molecule has 106 valence electrons. The van der Waals surface area contributed by atoms with Crippen LogP contribution in [0.5, 0.6) is 5.75 Å². The summed E-state index contributed by atoms with van der Waals surface area (Å²) < 4.78 is 68.5. The van der Waals surface area contributed by atoms with Gasteiger partial charge in [-0.25, -0.2) is 8.78 Å². The molecule has 0 spiro atoms. The number of hydrogen-bond donors (Lipinski definition) is 0. The summed E-state index contributed by atoms with van der Waals surface area (Å²) in [6, 6.07) is 6.96. The predicted octanol–water partition coefficient (Wildman–Crippen LogP) is 3.60. The minimum Gasteiger partial charge on any atom is -0.489 e. The molecular weight excluding hydrogens is 278 g/mol. The Labute approximate surface area is 112 Å². The molecule has 7 heteroatoms. The second kappa shape index (κ2) is 5.52. The van der Waals surface area contributed by atoms with Crippen molar-refractivity contribution in [2.75, 3.05) is 0 Å². The number of halogens is 5. The van der Waals surface area contributed by atoms with Gasteiger partial charge in [-0.2, -0.15) is 0 Å². The van der Waals surface area contributed by atoms with Crippen LogP contribution < -0.4 is 10.2 Å². The van der Waals surface area contributed by atoms with Crippen molar-refractivity contribution in [3.63, 3.8) is 0 Å². The van der Waals surface area contributed by atoms with Crippen molar-refractivity contribution in [3.8, 4) is 5.75 Å². The Kier molecular flexibility index (Phi) is 3.97. The molecule has 20 heavy (non-hydrogen) atoms. The third-order valence-electron chi connectivity index (χ3n) is 2.66. The third-order valence-corrected chi connectivity index (χ3v) is 2.66. The highest BCUT2D eigenvalue weighted by Crippen LogP contribution is 2.16. The van der Waals surface area contributed by atoms with Crippen LogP contribution in [0.1, 0.15) is 5.56 Å². The number of benzene rings is 2. The average Bonchev–Trinajstić information content (AvgIpc) is 2.39. The summed E-state index contributed by atoms with van der Waals surface area (Å²) in [5.74, 6) is -1.10. The second-order valence-corrected chi connectivity index (χ2v) is 4.17. The lowest BCUT2D eigenvalue weighted by molar-refractivity contribution is 0.299. The van der Waals surface area contributed by atoms with Crippen molar-refractivity contribution in [2.45, 2.75) is 6.61 Å². The van der Waals surface area contributed by atoms with E-state index in [9.17, 15) is 21.7 Å². The molecule has 0 bridgehead atoms. The van der Waals surface area contributed by atoms with E-state index in [-0.39, 0.29) is 17.9 Å². The van der Waals surface area contributed by atoms with Crippen LogP contribution in [0.3, 0.4) is 0 Å². The minimum absolute atomic E-state index is 0.00545. The molecule has 2 aromatic carbocycles. The summed E-state index contributed by atoms with van der Waals surface area (Å²) in [5, 5.41) is 0. The lowest BCUT2D eigenvalue weighted by Crippen LogP contribution is -2.33. The van der Waals surface area contributed by atoms with E-state index in [2.05, 4.69) is 0 Å². The third kappa shape index (κ3) is 3.49. The molecule has 0 N–H and O–H groups in total. The summed E-state index contributed by atoms with van der Waals surface area (Å²) in [4.78, 5) is 0. The first kappa shape index (κ1) is 14.4. The van der Waals surface area contributed by atoms with Gasteiger partial charge in [0.05, 0.1) is 0 Å². The quantitative estimate of drug-likeness (QED) is 0.616. The molecule has 0 saturated carbocycles. The fourth-order valence-corrected chi connectivity index (χ4v) is 1.60. The summed E-state index contributed by atoms with van der Waals surface area (Å²) in [7, 11) is 0. The van der Waals surface area contributed by atoms with Gasteiger partial charge in [-0.3, -0.25) is 0 Å². The first-order chi connectivity index (χ1) is 9.36. The molecule has 0 aliphatic heterocycles. The SMILES string of the molecule is Fc1ccc(F)c(COc2ccc([B-](F)(F)F)cc2)c1. The van der Waals surface area contributed by atoms with Crippen LogP contribution in [-0.2, 0) is 6.61 Å². The highest BCUT2D eigenvalue weighted by molar-refractivity contribution is 6.73. The Morgan fingerprint density at radius 3 is 2.15 bits per heavy atom. The van der Waals surface area contributed by atoms with Crippen molar-refractivity contribution >= 4 is 12.4 Å². The van der Waals surface area contributed by atoms with E-state index in [1.807, 2.05) is 0 Å². The van der Waals surface area contributed by atoms with Gasteiger partial charge in [0.1, 0.15) is 24.0 Å². The molecule has 0 saturated heterocycles. The summed E-state index contributed by atoms with van der Waals surface area (Å²) in [5.41, 5.74) is -0.747. The Hall–Kier alpha value is -2.05. The van der Waals surface area contributed by atoms with Crippen molar-refractivity contribution < 1.29 is 26.5 Å². The largest absolute Gasteiger partial charge is 0.509 e. The normalized spacial score (nSPS) is 11.4. The first-order valence-corrected chi connectivity index (χ1v) is 5.73. The molecule has 0 fully saturated rings. The van der Waals surface area contributed by atoms with Gasteiger partial charge in [0.25, 0.3) is 0 Å². The van der Waals surface area contributed by atoms with Crippen molar-refractivity contribution in [1.29, 1.82) is 0 Å². The Balaban J connectivity index is 2.06. The highest BCUT2D eigenvalue weighted by atomic mass is 19.4. The van der Waals surface area contributed by atoms with E-state index >= 15 is 0 Å². The second-order valence-electron chi connectivity index (χ2n) is 4.17. The molecule has 0 amide bonds. The van der Waals surface area contributed by atoms with Crippen LogP contribution in [0.25, 0.3) is 0 Å². The zero-order valence-corrected chi connectivity index (χ0v) is 10.1. The smallest absolute Gasteiger partial charge is 0.489 e. The molecular formula is C13H9BF5O-. The van der Waals surface area contributed by atoms with Crippen molar-refractivity contribution in [2.24, 2.45) is 0 Å². The van der Waals surface area contributed by atoms with E-state index in [0.29, 0.717) is 0 Å². The molecule has 0 aliphatic carbocycles.